The molecule has 0 aromatic heterocycles. The van der Waals surface area contributed by atoms with E-state index in [1.807, 2.05) is 0 Å². The number of ether oxygens (including phenoxy) is 2. The summed E-state index contributed by atoms with van der Waals surface area (Å²) in [6.45, 7) is 7.82. The molecule has 0 fully saturated rings. The monoisotopic (exact) mass is 329 g/mol. The smallest absolute Gasteiger partial charge is 0.0591 e. The lowest BCUT2D eigenvalue weighted by atomic mass is 10.1. The highest BCUT2D eigenvalue weighted by molar-refractivity contribution is 14.1. The van der Waals surface area contributed by atoms with Gasteiger partial charge in [-0.1, -0.05) is 36.4 Å². The summed E-state index contributed by atoms with van der Waals surface area (Å²) in [4.78, 5) is 0. The van der Waals surface area contributed by atoms with E-state index in [1.54, 1.807) is 7.11 Å². The SMILES string of the molecule is COCCCOCCNC(CI)C(C)C. The molecule has 0 spiro atoms. The van der Waals surface area contributed by atoms with E-state index in [-0.39, 0.29) is 0 Å². The van der Waals surface area contributed by atoms with Crippen molar-refractivity contribution in [2.24, 2.45) is 5.92 Å². The molecule has 0 aromatic rings. The van der Waals surface area contributed by atoms with Crippen LogP contribution >= 0.6 is 22.6 Å². The van der Waals surface area contributed by atoms with Crippen LogP contribution in [0, 0.1) is 5.92 Å². The Morgan fingerprint density at radius 3 is 2.47 bits per heavy atom. The van der Waals surface area contributed by atoms with Crippen LogP contribution in [-0.4, -0.2) is 43.9 Å². The van der Waals surface area contributed by atoms with E-state index in [2.05, 4.69) is 41.8 Å². The van der Waals surface area contributed by atoms with Crippen molar-refractivity contribution in [3.63, 3.8) is 0 Å². The number of rotatable bonds is 10. The maximum absolute atomic E-state index is 5.47. The van der Waals surface area contributed by atoms with E-state index >= 15 is 0 Å². The molecule has 0 rings (SSSR count). The summed E-state index contributed by atoms with van der Waals surface area (Å²) >= 11 is 2.42. The van der Waals surface area contributed by atoms with Crippen LogP contribution < -0.4 is 5.32 Å². The number of hydrogen-bond donors (Lipinski definition) is 1. The second-order valence-corrected chi connectivity index (χ2v) is 4.80. The average Bonchev–Trinajstić information content (AvgIpc) is 2.21. The summed E-state index contributed by atoms with van der Waals surface area (Å²) in [5, 5.41) is 3.50. The zero-order valence-electron chi connectivity index (χ0n) is 10.1. The predicted octanol–water partition coefficient (Wildman–Crippen LogP) is 2.09. The topological polar surface area (TPSA) is 30.5 Å². The lowest BCUT2D eigenvalue weighted by molar-refractivity contribution is 0.102. The first-order valence-electron chi connectivity index (χ1n) is 5.58. The summed E-state index contributed by atoms with van der Waals surface area (Å²) < 4.78 is 11.6. The van der Waals surface area contributed by atoms with Gasteiger partial charge in [0.2, 0.25) is 0 Å². The van der Waals surface area contributed by atoms with Gasteiger partial charge in [0.1, 0.15) is 0 Å². The highest BCUT2D eigenvalue weighted by atomic mass is 127. The Hall–Kier alpha value is 0.610. The fourth-order valence-electron chi connectivity index (χ4n) is 1.19. The molecule has 92 valence electrons. The predicted molar refractivity (Wildman–Crippen MR) is 72.8 cm³/mol. The molecular formula is C11H24INO2. The van der Waals surface area contributed by atoms with E-state index in [0.717, 1.165) is 37.2 Å². The molecule has 0 saturated carbocycles. The molecule has 0 amide bonds. The fourth-order valence-corrected chi connectivity index (χ4v) is 2.52. The van der Waals surface area contributed by atoms with Crippen LogP contribution in [-0.2, 0) is 9.47 Å². The largest absolute Gasteiger partial charge is 0.385 e. The Kier molecular flexibility index (Phi) is 11.6. The van der Waals surface area contributed by atoms with Crippen molar-refractivity contribution in [2.45, 2.75) is 26.3 Å². The number of alkyl halides is 1. The van der Waals surface area contributed by atoms with Crippen LogP contribution in [0.3, 0.4) is 0 Å². The van der Waals surface area contributed by atoms with Crippen LogP contribution in [0.5, 0.6) is 0 Å². The minimum Gasteiger partial charge on any atom is -0.385 e. The van der Waals surface area contributed by atoms with Gasteiger partial charge in [-0.3, -0.25) is 0 Å². The Morgan fingerprint density at radius 2 is 1.93 bits per heavy atom. The van der Waals surface area contributed by atoms with Crippen LogP contribution in [0.25, 0.3) is 0 Å². The second kappa shape index (κ2) is 11.1. The summed E-state index contributed by atoms with van der Waals surface area (Å²) in [5.74, 6) is 0.690. The third-order valence-electron chi connectivity index (χ3n) is 2.26. The van der Waals surface area contributed by atoms with Crippen LogP contribution in [0.15, 0.2) is 0 Å². The molecule has 0 bridgehead atoms. The number of hydrogen-bond acceptors (Lipinski definition) is 3. The molecule has 0 heterocycles. The minimum atomic E-state index is 0.605. The van der Waals surface area contributed by atoms with Gasteiger partial charge in [0.05, 0.1) is 6.61 Å². The van der Waals surface area contributed by atoms with E-state index in [9.17, 15) is 0 Å². The molecule has 15 heavy (non-hydrogen) atoms. The van der Waals surface area contributed by atoms with Gasteiger partial charge in [-0.2, -0.15) is 0 Å². The van der Waals surface area contributed by atoms with Crippen molar-refractivity contribution in [2.75, 3.05) is 37.9 Å². The van der Waals surface area contributed by atoms with E-state index in [4.69, 9.17) is 9.47 Å². The fraction of sp³-hybridized carbons (Fsp3) is 1.00. The molecule has 3 nitrogen and oxygen atoms in total. The lowest BCUT2D eigenvalue weighted by Crippen LogP contribution is -2.37. The molecule has 1 N–H and O–H groups in total. The standard InChI is InChI=1S/C11H24INO2/c1-10(2)11(9-12)13-5-8-15-7-4-6-14-3/h10-11,13H,4-9H2,1-3H3. The number of methoxy groups -OCH3 is 1. The van der Waals surface area contributed by atoms with Crippen LogP contribution in [0.4, 0.5) is 0 Å². The zero-order valence-corrected chi connectivity index (χ0v) is 12.2. The maximum Gasteiger partial charge on any atom is 0.0591 e. The first-order valence-corrected chi connectivity index (χ1v) is 7.11. The van der Waals surface area contributed by atoms with Crippen molar-refractivity contribution in [1.29, 1.82) is 0 Å². The van der Waals surface area contributed by atoms with Gasteiger partial charge in [0.25, 0.3) is 0 Å². The summed E-state index contributed by atoms with van der Waals surface area (Å²) in [5.41, 5.74) is 0. The first-order chi connectivity index (χ1) is 7.22. The molecule has 1 atom stereocenters. The van der Waals surface area contributed by atoms with Crippen LogP contribution in [0.2, 0.25) is 0 Å². The molecule has 0 aliphatic carbocycles. The number of halogens is 1. The Bertz CT molecular complexity index is 134. The third-order valence-corrected chi connectivity index (χ3v) is 3.21. The van der Waals surface area contributed by atoms with Gasteiger partial charge in [0.15, 0.2) is 0 Å². The lowest BCUT2D eigenvalue weighted by Gasteiger charge is -2.19. The molecule has 0 aliphatic rings. The van der Waals surface area contributed by atoms with Crippen LogP contribution in [0.1, 0.15) is 20.3 Å². The third kappa shape index (κ3) is 9.53. The summed E-state index contributed by atoms with van der Waals surface area (Å²) in [6, 6.07) is 0.605. The Morgan fingerprint density at radius 1 is 1.20 bits per heavy atom. The average molecular weight is 329 g/mol. The molecule has 0 saturated heterocycles. The van der Waals surface area contributed by atoms with Gasteiger partial charge in [-0.25, -0.2) is 0 Å². The summed E-state index contributed by atoms with van der Waals surface area (Å²) in [7, 11) is 1.72. The van der Waals surface area contributed by atoms with Gasteiger partial charge in [-0.05, 0) is 12.3 Å². The van der Waals surface area contributed by atoms with Gasteiger partial charge >= 0.3 is 0 Å². The van der Waals surface area contributed by atoms with Gasteiger partial charge in [0, 0.05) is 37.3 Å². The quantitative estimate of drug-likeness (QED) is 0.378. The van der Waals surface area contributed by atoms with Crippen molar-refractivity contribution in [1.82, 2.24) is 5.32 Å². The molecule has 0 aliphatic heterocycles. The van der Waals surface area contributed by atoms with E-state index in [1.165, 1.54) is 0 Å². The second-order valence-electron chi connectivity index (χ2n) is 3.92. The van der Waals surface area contributed by atoms with E-state index < -0.39 is 0 Å². The van der Waals surface area contributed by atoms with Crippen molar-refractivity contribution >= 4 is 22.6 Å². The van der Waals surface area contributed by atoms with Gasteiger partial charge in [-0.15, -0.1) is 0 Å². The van der Waals surface area contributed by atoms with Crippen molar-refractivity contribution in [3.05, 3.63) is 0 Å². The zero-order chi connectivity index (χ0) is 11.5. The highest BCUT2D eigenvalue weighted by Gasteiger charge is 2.09. The Labute approximate surface area is 107 Å². The highest BCUT2D eigenvalue weighted by Crippen LogP contribution is 2.04. The number of nitrogens with one attached hydrogen (secondary N) is 1. The maximum atomic E-state index is 5.47. The summed E-state index contributed by atoms with van der Waals surface area (Å²) in [6.07, 6.45) is 0.983. The normalized spacial score (nSPS) is 13.4. The molecule has 0 radical (unpaired) electrons. The molecule has 1 unspecified atom stereocenters. The van der Waals surface area contributed by atoms with Gasteiger partial charge < -0.3 is 14.8 Å². The first kappa shape index (κ1) is 15.6. The minimum absolute atomic E-state index is 0.605. The molecule has 0 aromatic carbocycles. The van der Waals surface area contributed by atoms with Crippen molar-refractivity contribution < 1.29 is 9.47 Å². The Balaban J connectivity index is 3.22. The molecular weight excluding hydrogens is 305 g/mol. The molecule has 4 heteroatoms. The van der Waals surface area contributed by atoms with Crippen molar-refractivity contribution in [3.8, 4) is 0 Å². The van der Waals surface area contributed by atoms with E-state index in [0.29, 0.717) is 12.0 Å².